The number of benzene rings is 1. The molecule has 0 radical (unpaired) electrons. The second kappa shape index (κ2) is 5.85. The molecule has 24 heavy (non-hydrogen) atoms. The van der Waals surface area contributed by atoms with E-state index in [1.807, 2.05) is 56.8 Å². The molecule has 0 aliphatic carbocycles. The highest BCUT2D eigenvalue weighted by atomic mass is 16.6. The summed E-state index contributed by atoms with van der Waals surface area (Å²) in [6, 6.07) is 7.85. The van der Waals surface area contributed by atoms with Crippen LogP contribution in [-0.4, -0.2) is 40.0 Å². The summed E-state index contributed by atoms with van der Waals surface area (Å²) in [5.41, 5.74) is 2.53. The number of likely N-dealkylation sites (N-methyl/N-ethyl adjacent to an activating group) is 1. The van der Waals surface area contributed by atoms with Crippen molar-refractivity contribution in [1.82, 2.24) is 14.7 Å². The number of rotatable bonds is 2. The molecule has 1 aromatic heterocycles. The number of nitrogens with zero attached hydrogens (tertiary/aromatic N) is 3. The lowest BCUT2D eigenvalue weighted by Crippen LogP contribution is -2.37. The summed E-state index contributed by atoms with van der Waals surface area (Å²) >= 11 is 0. The van der Waals surface area contributed by atoms with Crippen molar-refractivity contribution in [2.45, 2.75) is 32.4 Å². The molecule has 0 saturated heterocycles. The van der Waals surface area contributed by atoms with Gasteiger partial charge in [0.05, 0.1) is 11.7 Å². The lowest BCUT2D eigenvalue weighted by Gasteiger charge is -2.28. The molecule has 128 valence electrons. The van der Waals surface area contributed by atoms with E-state index in [2.05, 4.69) is 5.10 Å². The number of carbonyl (C=O) groups is 1. The third kappa shape index (κ3) is 3.09. The standard InChI is InChI=1S/C18H23N3O3/c1-18(2,3)24-17(22)20(4)15-11-23-16-10-12(6-7-13(15)16)14-8-9-19-21(14)5/h6-10,15H,11H2,1-5H3. The van der Waals surface area contributed by atoms with Gasteiger partial charge in [-0.25, -0.2) is 4.79 Å². The predicted molar refractivity (Wildman–Crippen MR) is 90.9 cm³/mol. The molecule has 1 aliphatic heterocycles. The summed E-state index contributed by atoms with van der Waals surface area (Å²) in [7, 11) is 3.65. The predicted octanol–water partition coefficient (Wildman–Crippen LogP) is 3.39. The van der Waals surface area contributed by atoms with Crippen LogP contribution in [-0.2, 0) is 11.8 Å². The van der Waals surface area contributed by atoms with Crippen LogP contribution in [0.3, 0.4) is 0 Å². The minimum atomic E-state index is -0.517. The first kappa shape index (κ1) is 16.4. The first-order valence-corrected chi connectivity index (χ1v) is 7.97. The number of hydrogen-bond acceptors (Lipinski definition) is 4. The molecule has 1 amide bonds. The van der Waals surface area contributed by atoms with E-state index in [1.54, 1.807) is 18.1 Å². The van der Waals surface area contributed by atoms with Crippen molar-refractivity contribution in [2.75, 3.05) is 13.7 Å². The van der Waals surface area contributed by atoms with Gasteiger partial charge >= 0.3 is 6.09 Å². The van der Waals surface area contributed by atoms with Crippen LogP contribution < -0.4 is 4.74 Å². The van der Waals surface area contributed by atoms with Gasteiger partial charge in [-0.2, -0.15) is 5.10 Å². The molecule has 1 unspecified atom stereocenters. The van der Waals surface area contributed by atoms with Crippen LogP contribution in [0.15, 0.2) is 30.5 Å². The highest BCUT2D eigenvalue weighted by molar-refractivity contribution is 5.70. The number of aryl methyl sites for hydroxylation is 1. The molecule has 0 fully saturated rings. The fraction of sp³-hybridized carbons (Fsp3) is 0.444. The summed E-state index contributed by atoms with van der Waals surface area (Å²) in [4.78, 5) is 13.9. The van der Waals surface area contributed by atoms with Crippen LogP contribution in [0.4, 0.5) is 4.79 Å². The molecule has 3 rings (SSSR count). The van der Waals surface area contributed by atoms with Crippen LogP contribution in [0.1, 0.15) is 32.4 Å². The van der Waals surface area contributed by atoms with Gasteiger partial charge in [-0.15, -0.1) is 0 Å². The van der Waals surface area contributed by atoms with Crippen LogP contribution in [0.5, 0.6) is 5.75 Å². The van der Waals surface area contributed by atoms with Gasteiger partial charge in [0.25, 0.3) is 0 Å². The largest absolute Gasteiger partial charge is 0.491 e. The van der Waals surface area contributed by atoms with Gasteiger partial charge in [0.15, 0.2) is 0 Å². The van der Waals surface area contributed by atoms with Crippen molar-refractivity contribution < 1.29 is 14.3 Å². The second-order valence-electron chi connectivity index (χ2n) is 7.01. The Labute approximate surface area is 142 Å². The lowest BCUT2D eigenvalue weighted by atomic mass is 10.0. The van der Waals surface area contributed by atoms with Gasteiger partial charge in [-0.3, -0.25) is 4.68 Å². The fourth-order valence-electron chi connectivity index (χ4n) is 2.79. The third-order valence-electron chi connectivity index (χ3n) is 4.03. The van der Waals surface area contributed by atoms with Crippen molar-refractivity contribution in [3.8, 4) is 17.0 Å². The molecule has 0 N–H and O–H groups in total. The van der Waals surface area contributed by atoms with E-state index in [0.717, 1.165) is 22.6 Å². The number of carbonyl (C=O) groups excluding carboxylic acids is 1. The minimum absolute atomic E-state index is 0.143. The van der Waals surface area contributed by atoms with E-state index in [0.29, 0.717) is 6.61 Å². The molecular weight excluding hydrogens is 306 g/mol. The van der Waals surface area contributed by atoms with Crippen molar-refractivity contribution in [3.05, 3.63) is 36.0 Å². The topological polar surface area (TPSA) is 56.6 Å². The Kier molecular flexibility index (Phi) is 3.99. The average molecular weight is 329 g/mol. The van der Waals surface area contributed by atoms with Crippen molar-refractivity contribution in [1.29, 1.82) is 0 Å². The van der Waals surface area contributed by atoms with Crippen molar-refractivity contribution in [2.24, 2.45) is 7.05 Å². The quantitative estimate of drug-likeness (QED) is 0.847. The van der Waals surface area contributed by atoms with Gasteiger partial charge in [-0.1, -0.05) is 12.1 Å². The zero-order chi connectivity index (χ0) is 17.5. The smallest absolute Gasteiger partial charge is 0.410 e. The number of fused-ring (bicyclic) bond motifs is 1. The van der Waals surface area contributed by atoms with Crippen LogP contribution >= 0.6 is 0 Å². The van der Waals surface area contributed by atoms with E-state index >= 15 is 0 Å². The van der Waals surface area contributed by atoms with Crippen molar-refractivity contribution >= 4 is 6.09 Å². The summed E-state index contributed by atoms with van der Waals surface area (Å²) in [5.74, 6) is 0.800. The lowest BCUT2D eigenvalue weighted by molar-refractivity contribution is 0.0201. The number of ether oxygens (including phenoxy) is 2. The number of aromatic nitrogens is 2. The fourth-order valence-corrected chi connectivity index (χ4v) is 2.79. The number of hydrogen-bond donors (Lipinski definition) is 0. The highest BCUT2D eigenvalue weighted by Crippen LogP contribution is 2.38. The van der Waals surface area contributed by atoms with E-state index in [9.17, 15) is 4.79 Å². The molecule has 6 nitrogen and oxygen atoms in total. The van der Waals surface area contributed by atoms with Crippen LogP contribution in [0, 0.1) is 0 Å². The van der Waals surface area contributed by atoms with Gasteiger partial charge in [0, 0.05) is 31.4 Å². The Balaban J connectivity index is 1.83. The Hall–Kier alpha value is -2.50. The Morgan fingerprint density at radius 1 is 1.38 bits per heavy atom. The molecule has 1 aromatic carbocycles. The zero-order valence-electron chi connectivity index (χ0n) is 14.7. The van der Waals surface area contributed by atoms with E-state index < -0.39 is 5.60 Å². The second-order valence-corrected chi connectivity index (χ2v) is 7.01. The minimum Gasteiger partial charge on any atom is -0.491 e. The molecular formula is C18H23N3O3. The SMILES string of the molecule is CN(C(=O)OC(C)(C)C)C1COc2cc(-c3ccnn3C)ccc21. The summed E-state index contributed by atoms with van der Waals surface area (Å²) < 4.78 is 13.1. The van der Waals surface area contributed by atoms with Crippen LogP contribution in [0.2, 0.25) is 0 Å². The Morgan fingerprint density at radius 2 is 2.12 bits per heavy atom. The maximum absolute atomic E-state index is 12.3. The maximum atomic E-state index is 12.3. The molecule has 6 heteroatoms. The normalized spacial score (nSPS) is 16.5. The summed E-state index contributed by atoms with van der Waals surface area (Å²) in [6.45, 7) is 6.01. The first-order valence-electron chi connectivity index (χ1n) is 7.97. The summed E-state index contributed by atoms with van der Waals surface area (Å²) in [5, 5.41) is 4.19. The van der Waals surface area contributed by atoms with Crippen LogP contribution in [0.25, 0.3) is 11.3 Å². The Bertz CT molecular complexity index is 761. The zero-order valence-corrected chi connectivity index (χ0v) is 14.7. The van der Waals surface area contributed by atoms with E-state index in [-0.39, 0.29) is 12.1 Å². The third-order valence-corrected chi connectivity index (χ3v) is 4.03. The molecule has 0 bridgehead atoms. The first-order chi connectivity index (χ1) is 11.3. The highest BCUT2D eigenvalue weighted by Gasteiger charge is 2.33. The molecule has 1 atom stereocenters. The van der Waals surface area contributed by atoms with Gasteiger partial charge < -0.3 is 14.4 Å². The maximum Gasteiger partial charge on any atom is 0.410 e. The molecule has 2 aromatic rings. The molecule has 1 aliphatic rings. The van der Waals surface area contributed by atoms with Crippen molar-refractivity contribution in [3.63, 3.8) is 0 Å². The number of amides is 1. The molecule has 0 saturated carbocycles. The van der Waals surface area contributed by atoms with Gasteiger partial charge in [0.2, 0.25) is 0 Å². The van der Waals surface area contributed by atoms with Gasteiger partial charge in [0.1, 0.15) is 18.0 Å². The van der Waals surface area contributed by atoms with E-state index in [1.165, 1.54) is 0 Å². The van der Waals surface area contributed by atoms with E-state index in [4.69, 9.17) is 9.47 Å². The molecule has 2 heterocycles. The van der Waals surface area contributed by atoms with Gasteiger partial charge in [-0.05, 0) is 32.9 Å². The summed E-state index contributed by atoms with van der Waals surface area (Å²) in [6.07, 6.45) is 1.42. The monoisotopic (exact) mass is 329 g/mol. The average Bonchev–Trinajstić information content (AvgIpc) is 3.10. The Morgan fingerprint density at radius 3 is 2.75 bits per heavy atom. The molecule has 0 spiro atoms.